The molecule has 31 heavy (non-hydrogen) atoms. The van der Waals surface area contributed by atoms with E-state index >= 15 is 0 Å². The predicted molar refractivity (Wildman–Crippen MR) is 124 cm³/mol. The summed E-state index contributed by atoms with van der Waals surface area (Å²) in [5.41, 5.74) is 3.09. The number of thiazole rings is 1. The van der Waals surface area contributed by atoms with Gasteiger partial charge in [0.05, 0.1) is 0 Å². The third-order valence-electron chi connectivity index (χ3n) is 5.32. The number of halogens is 1. The number of carbonyl (C=O) groups excluding carboxylic acids is 1. The van der Waals surface area contributed by atoms with Crippen molar-refractivity contribution in [3.05, 3.63) is 106 Å². The lowest BCUT2D eigenvalue weighted by atomic mass is 9.85. The van der Waals surface area contributed by atoms with Gasteiger partial charge in [-0.15, -0.1) is 11.3 Å². The quantitative estimate of drug-likeness (QED) is 0.373. The maximum atomic E-state index is 12.9. The molecule has 1 aromatic heterocycles. The highest BCUT2D eigenvalue weighted by Crippen LogP contribution is 2.45. The van der Waals surface area contributed by atoms with Gasteiger partial charge in [-0.3, -0.25) is 4.79 Å². The van der Waals surface area contributed by atoms with Gasteiger partial charge in [0.2, 0.25) is 5.91 Å². The molecule has 0 unspecified atom stereocenters. The van der Waals surface area contributed by atoms with E-state index in [4.69, 9.17) is 16.3 Å². The standard InChI is InChI=1S/C25H19ClN2O2S/c26-21-10-4-1-7-16(21)13-17-15-27-25(31-17)28-24(29)14-20-18-8-2-5-11-22(18)30-23-12-6-3-9-19(20)23/h1-12,15,20H,13-14H2,(H,27,28,29). The van der Waals surface area contributed by atoms with E-state index in [9.17, 15) is 4.79 Å². The van der Waals surface area contributed by atoms with Crippen LogP contribution in [0.1, 0.15) is 33.9 Å². The number of benzene rings is 3. The Bertz CT molecular complexity index is 1210. The molecule has 1 aliphatic rings. The molecule has 1 N–H and O–H groups in total. The Balaban J connectivity index is 1.32. The first-order chi connectivity index (χ1) is 15.2. The van der Waals surface area contributed by atoms with Gasteiger partial charge in [0.1, 0.15) is 11.5 Å². The van der Waals surface area contributed by atoms with Crippen molar-refractivity contribution in [1.82, 2.24) is 4.98 Å². The summed E-state index contributed by atoms with van der Waals surface area (Å²) in [7, 11) is 0. The first-order valence-corrected chi connectivity index (χ1v) is 11.2. The fraction of sp³-hybridized carbons (Fsp3) is 0.120. The zero-order valence-electron chi connectivity index (χ0n) is 16.5. The summed E-state index contributed by atoms with van der Waals surface area (Å²) in [5.74, 6) is 1.46. The first-order valence-electron chi connectivity index (χ1n) is 10.0. The number of rotatable bonds is 5. The average molecular weight is 447 g/mol. The summed E-state index contributed by atoms with van der Waals surface area (Å²) in [6, 6.07) is 23.5. The summed E-state index contributed by atoms with van der Waals surface area (Å²) in [5, 5.41) is 4.30. The van der Waals surface area contributed by atoms with Crippen LogP contribution in [-0.4, -0.2) is 10.9 Å². The van der Waals surface area contributed by atoms with Crippen molar-refractivity contribution in [2.45, 2.75) is 18.8 Å². The van der Waals surface area contributed by atoms with E-state index in [1.807, 2.05) is 72.8 Å². The van der Waals surface area contributed by atoms with Crippen LogP contribution in [0, 0.1) is 0 Å². The van der Waals surface area contributed by atoms with E-state index < -0.39 is 0 Å². The van der Waals surface area contributed by atoms with Crippen LogP contribution in [0.4, 0.5) is 5.13 Å². The van der Waals surface area contributed by atoms with E-state index in [-0.39, 0.29) is 11.8 Å². The highest BCUT2D eigenvalue weighted by molar-refractivity contribution is 7.15. The second kappa shape index (κ2) is 8.53. The highest BCUT2D eigenvalue weighted by Gasteiger charge is 2.28. The Morgan fingerprint density at radius 1 is 0.968 bits per heavy atom. The van der Waals surface area contributed by atoms with Crippen LogP contribution in [-0.2, 0) is 11.2 Å². The van der Waals surface area contributed by atoms with Crippen molar-refractivity contribution in [3.63, 3.8) is 0 Å². The van der Waals surface area contributed by atoms with Crippen molar-refractivity contribution >= 4 is 34.0 Å². The Kier molecular flexibility index (Phi) is 5.45. The molecule has 2 heterocycles. The van der Waals surface area contributed by atoms with E-state index in [1.165, 1.54) is 11.3 Å². The van der Waals surface area contributed by atoms with E-state index in [2.05, 4.69) is 10.3 Å². The smallest absolute Gasteiger partial charge is 0.227 e. The maximum Gasteiger partial charge on any atom is 0.227 e. The number of carbonyl (C=O) groups is 1. The fourth-order valence-corrected chi connectivity index (χ4v) is 4.92. The molecule has 4 nitrogen and oxygen atoms in total. The van der Waals surface area contributed by atoms with Crippen LogP contribution < -0.4 is 10.1 Å². The Morgan fingerprint density at radius 2 is 1.61 bits per heavy atom. The lowest BCUT2D eigenvalue weighted by Gasteiger charge is -2.27. The molecule has 0 aliphatic carbocycles. The largest absolute Gasteiger partial charge is 0.457 e. The SMILES string of the molecule is O=C(CC1c2ccccc2Oc2ccccc21)Nc1ncc(Cc2ccccc2Cl)s1. The molecule has 1 aliphatic heterocycles. The van der Waals surface area contributed by atoms with Gasteiger partial charge in [0, 0.05) is 46.0 Å². The number of aromatic nitrogens is 1. The third-order valence-corrected chi connectivity index (χ3v) is 6.60. The van der Waals surface area contributed by atoms with Crippen molar-refractivity contribution in [2.75, 3.05) is 5.32 Å². The van der Waals surface area contributed by atoms with Crippen molar-refractivity contribution in [3.8, 4) is 11.5 Å². The van der Waals surface area contributed by atoms with Crippen LogP contribution >= 0.6 is 22.9 Å². The number of anilines is 1. The zero-order chi connectivity index (χ0) is 21.2. The molecule has 0 saturated heterocycles. The Hall–Kier alpha value is -3.15. The molecule has 6 heteroatoms. The number of nitrogens with zero attached hydrogens (tertiary/aromatic N) is 1. The molecule has 0 fully saturated rings. The minimum atomic E-state index is -0.0739. The summed E-state index contributed by atoms with van der Waals surface area (Å²) in [4.78, 5) is 18.3. The number of fused-ring (bicyclic) bond motifs is 2. The van der Waals surface area contributed by atoms with Gasteiger partial charge in [-0.1, -0.05) is 66.2 Å². The van der Waals surface area contributed by atoms with Crippen LogP contribution in [0.2, 0.25) is 5.02 Å². The number of nitrogens with one attached hydrogen (secondary N) is 1. The van der Waals surface area contributed by atoms with Gasteiger partial charge in [-0.05, 0) is 23.8 Å². The molecule has 5 rings (SSSR count). The van der Waals surface area contributed by atoms with E-state index in [0.29, 0.717) is 18.0 Å². The molecule has 0 atom stereocenters. The van der Waals surface area contributed by atoms with E-state index in [0.717, 1.165) is 38.1 Å². The summed E-state index contributed by atoms with van der Waals surface area (Å²) < 4.78 is 6.02. The summed E-state index contributed by atoms with van der Waals surface area (Å²) in [6.45, 7) is 0. The fourth-order valence-electron chi connectivity index (χ4n) is 3.86. The van der Waals surface area contributed by atoms with Crippen LogP contribution in [0.5, 0.6) is 11.5 Å². The molecular weight excluding hydrogens is 428 g/mol. The van der Waals surface area contributed by atoms with Crippen LogP contribution in [0.25, 0.3) is 0 Å². The van der Waals surface area contributed by atoms with Gasteiger partial charge in [-0.25, -0.2) is 4.98 Å². The lowest BCUT2D eigenvalue weighted by molar-refractivity contribution is -0.116. The number of hydrogen-bond donors (Lipinski definition) is 1. The molecule has 0 bridgehead atoms. The van der Waals surface area contributed by atoms with Crippen molar-refractivity contribution in [2.24, 2.45) is 0 Å². The first kappa shape index (κ1) is 19.8. The third kappa shape index (κ3) is 4.20. The maximum absolute atomic E-state index is 12.9. The molecule has 3 aromatic carbocycles. The van der Waals surface area contributed by atoms with Gasteiger partial charge in [0.25, 0.3) is 0 Å². The minimum Gasteiger partial charge on any atom is -0.457 e. The molecule has 0 spiro atoms. The minimum absolute atomic E-state index is 0.0660. The number of amides is 1. The molecule has 0 saturated carbocycles. The molecule has 0 radical (unpaired) electrons. The topological polar surface area (TPSA) is 51.2 Å². The lowest BCUT2D eigenvalue weighted by Crippen LogP contribution is -2.19. The Morgan fingerprint density at radius 3 is 2.32 bits per heavy atom. The van der Waals surface area contributed by atoms with Gasteiger partial charge in [0.15, 0.2) is 5.13 Å². The summed E-state index contributed by atoms with van der Waals surface area (Å²) >= 11 is 7.73. The normalized spacial score (nSPS) is 12.5. The molecular formula is C25H19ClN2O2S. The molecule has 154 valence electrons. The monoisotopic (exact) mass is 446 g/mol. The van der Waals surface area contributed by atoms with Crippen molar-refractivity contribution < 1.29 is 9.53 Å². The summed E-state index contributed by atoms with van der Waals surface area (Å²) in [6.07, 6.45) is 2.80. The van der Waals surface area contributed by atoms with Crippen molar-refractivity contribution in [1.29, 1.82) is 0 Å². The zero-order valence-corrected chi connectivity index (χ0v) is 18.1. The van der Waals surface area contributed by atoms with Gasteiger partial charge in [-0.2, -0.15) is 0 Å². The second-order valence-electron chi connectivity index (χ2n) is 7.38. The number of ether oxygens (including phenoxy) is 1. The van der Waals surface area contributed by atoms with Gasteiger partial charge >= 0.3 is 0 Å². The number of hydrogen-bond acceptors (Lipinski definition) is 4. The molecule has 4 aromatic rings. The van der Waals surface area contributed by atoms with Gasteiger partial charge < -0.3 is 10.1 Å². The predicted octanol–water partition coefficient (Wildman–Crippen LogP) is 6.65. The number of para-hydroxylation sites is 2. The molecule has 1 amide bonds. The van der Waals surface area contributed by atoms with E-state index in [1.54, 1.807) is 6.20 Å². The average Bonchev–Trinajstić information content (AvgIpc) is 3.22. The Labute approximate surface area is 189 Å². The van der Waals surface area contributed by atoms with Crippen LogP contribution in [0.15, 0.2) is 79.0 Å². The van der Waals surface area contributed by atoms with Crippen LogP contribution in [0.3, 0.4) is 0 Å². The second-order valence-corrected chi connectivity index (χ2v) is 8.90. The highest BCUT2D eigenvalue weighted by atomic mass is 35.5.